The van der Waals surface area contributed by atoms with Crippen LogP contribution in [0.15, 0.2) is 60.5 Å². The molecule has 11 heteroatoms. The number of carbonyl (C=O) groups excluding carboxylic acids is 1. The van der Waals surface area contributed by atoms with Gasteiger partial charge in [-0.3, -0.25) is 15.6 Å². The molecule has 0 aliphatic heterocycles. The number of allylic oxidation sites excluding steroid dienone is 3. The van der Waals surface area contributed by atoms with E-state index in [-0.39, 0.29) is 49.8 Å². The number of nitrogens with one attached hydrogen (secondary N) is 2. The van der Waals surface area contributed by atoms with Crippen molar-refractivity contribution in [3.8, 4) is 11.3 Å². The fourth-order valence-corrected chi connectivity index (χ4v) is 5.09. The Hall–Kier alpha value is -3.67. The summed E-state index contributed by atoms with van der Waals surface area (Å²) in [5.41, 5.74) is 8.44. The number of carbonyl (C=O) groups is 1. The summed E-state index contributed by atoms with van der Waals surface area (Å²) in [5, 5.41) is 0. The molecule has 0 saturated heterocycles. The van der Waals surface area contributed by atoms with Gasteiger partial charge in [-0.2, -0.15) is 18.7 Å². The van der Waals surface area contributed by atoms with Crippen LogP contribution in [0.25, 0.3) is 22.3 Å². The number of hydrogen-bond acceptors (Lipinski definition) is 7. The second-order valence-electron chi connectivity index (χ2n) is 10.5. The lowest BCUT2D eigenvalue weighted by atomic mass is 9.98. The highest BCUT2D eigenvalue weighted by atomic mass is 19.4. The third kappa shape index (κ3) is 7.03. The number of fused-ring (bicyclic) bond motifs is 1. The largest absolute Gasteiger partial charge is 0.500 e. The molecule has 2 aromatic carbocycles. The van der Waals surface area contributed by atoms with Crippen molar-refractivity contribution in [3.05, 3.63) is 83.0 Å². The molecule has 4 N–H and O–H groups in total. The molecule has 0 spiro atoms. The molecular weight excluding hydrogens is 550 g/mol. The molecule has 1 aliphatic rings. The van der Waals surface area contributed by atoms with E-state index in [0.717, 1.165) is 36.9 Å². The van der Waals surface area contributed by atoms with E-state index >= 15 is 4.39 Å². The average Bonchev–Trinajstić information content (AvgIpc) is 3.77. The summed E-state index contributed by atoms with van der Waals surface area (Å²) >= 11 is 0. The van der Waals surface area contributed by atoms with Crippen molar-refractivity contribution < 1.29 is 28.5 Å². The van der Waals surface area contributed by atoms with Gasteiger partial charge in [0.2, 0.25) is 0 Å². The predicted octanol–water partition coefficient (Wildman–Crippen LogP) is 6.08. The molecule has 1 heterocycles. The van der Waals surface area contributed by atoms with Crippen molar-refractivity contribution >= 4 is 16.8 Å². The van der Waals surface area contributed by atoms with Gasteiger partial charge < -0.3 is 4.74 Å². The standard InChI is InChI=1S/C31H35F4N5O2.H2/c1-4-20-16-27-26(17-21(20)6-5-11-38-40-36)37-18-28(39-27)23-8-7-22(25(32)15-23)14-24(41)12-19(2)13-29(42-3)30(9-10-30)31(33,34)35;/h7-8,13,15-18,38,40H,2,4-6,9-12,14,36H2,1,3H3;1H/b29-13-;. The first kappa shape index (κ1) is 31.3. The Kier molecular flexibility index (Phi) is 9.75. The molecule has 3 aromatic rings. The number of Topliss-reactive ketones (excluding diaryl/α,β-unsaturated/α-hetero) is 1. The minimum absolute atomic E-state index is 0. The van der Waals surface area contributed by atoms with Gasteiger partial charge in [0.25, 0.3) is 0 Å². The van der Waals surface area contributed by atoms with Crippen LogP contribution in [0.4, 0.5) is 17.6 Å². The number of nitrogens with zero attached hydrogens (tertiary/aromatic N) is 2. The van der Waals surface area contributed by atoms with Crippen molar-refractivity contribution in [2.75, 3.05) is 13.7 Å². The van der Waals surface area contributed by atoms with Crippen LogP contribution in [0.2, 0.25) is 0 Å². The monoisotopic (exact) mass is 587 g/mol. The number of halogens is 4. The number of ether oxygens (including phenoxy) is 1. The van der Waals surface area contributed by atoms with Gasteiger partial charge in [-0.1, -0.05) is 25.6 Å². The molecule has 0 bridgehead atoms. The number of hydrogen-bond donors (Lipinski definition) is 3. The van der Waals surface area contributed by atoms with Crippen LogP contribution in [-0.2, 0) is 28.8 Å². The van der Waals surface area contributed by atoms with Crippen LogP contribution >= 0.6 is 0 Å². The van der Waals surface area contributed by atoms with E-state index in [2.05, 4.69) is 29.4 Å². The van der Waals surface area contributed by atoms with Crippen LogP contribution in [0, 0.1) is 11.2 Å². The maximum Gasteiger partial charge on any atom is 0.401 e. The van der Waals surface area contributed by atoms with E-state index in [1.807, 2.05) is 12.1 Å². The third-order valence-corrected chi connectivity index (χ3v) is 7.57. The van der Waals surface area contributed by atoms with Crippen LogP contribution in [0.3, 0.4) is 0 Å². The van der Waals surface area contributed by atoms with Gasteiger partial charge in [0, 0.05) is 26.4 Å². The van der Waals surface area contributed by atoms with Gasteiger partial charge in [0.1, 0.15) is 22.8 Å². The Balaban J connectivity index is 0.00000506. The van der Waals surface area contributed by atoms with E-state index in [4.69, 9.17) is 15.6 Å². The molecule has 0 amide bonds. The molecule has 1 saturated carbocycles. The average molecular weight is 588 g/mol. The van der Waals surface area contributed by atoms with Crippen LogP contribution in [-0.4, -0.2) is 35.6 Å². The number of aromatic nitrogens is 2. The first-order valence-electron chi connectivity index (χ1n) is 13.8. The zero-order valence-electron chi connectivity index (χ0n) is 23.7. The molecule has 42 heavy (non-hydrogen) atoms. The van der Waals surface area contributed by atoms with Gasteiger partial charge in [0.15, 0.2) is 0 Å². The lowest BCUT2D eigenvalue weighted by Gasteiger charge is -2.21. The van der Waals surface area contributed by atoms with E-state index in [0.29, 0.717) is 16.8 Å². The number of alkyl halides is 3. The molecule has 0 atom stereocenters. The van der Waals surface area contributed by atoms with Crippen molar-refractivity contribution in [1.82, 2.24) is 20.9 Å². The Morgan fingerprint density at radius 2 is 1.93 bits per heavy atom. The molecule has 1 fully saturated rings. The van der Waals surface area contributed by atoms with Gasteiger partial charge in [-0.05, 0) is 78.6 Å². The number of aryl methyl sites for hydroxylation is 2. The number of methoxy groups -OCH3 is 1. The van der Waals surface area contributed by atoms with E-state index < -0.39 is 17.4 Å². The zero-order valence-corrected chi connectivity index (χ0v) is 23.7. The first-order valence-corrected chi connectivity index (χ1v) is 13.8. The quantitative estimate of drug-likeness (QED) is 0.0525. The number of ketones is 1. The third-order valence-electron chi connectivity index (χ3n) is 7.57. The van der Waals surface area contributed by atoms with Crippen molar-refractivity contribution in [1.29, 1.82) is 0 Å². The second kappa shape index (κ2) is 13.1. The molecule has 7 nitrogen and oxygen atoms in total. The van der Waals surface area contributed by atoms with Crippen LogP contribution in [0.1, 0.15) is 50.7 Å². The van der Waals surface area contributed by atoms with Crippen molar-refractivity contribution in [2.45, 2.75) is 58.0 Å². The minimum atomic E-state index is -4.44. The summed E-state index contributed by atoms with van der Waals surface area (Å²) in [4.78, 5) is 21.9. The first-order chi connectivity index (χ1) is 20.0. The van der Waals surface area contributed by atoms with Crippen LogP contribution < -0.4 is 16.8 Å². The highest BCUT2D eigenvalue weighted by Gasteiger charge is 2.66. The molecule has 4 rings (SSSR count). The number of benzene rings is 2. The number of rotatable bonds is 14. The van der Waals surface area contributed by atoms with Crippen LogP contribution in [0.5, 0.6) is 0 Å². The molecule has 1 aromatic heterocycles. The Morgan fingerprint density at radius 1 is 1.19 bits per heavy atom. The Labute approximate surface area is 243 Å². The molecule has 226 valence electrons. The lowest BCUT2D eigenvalue weighted by molar-refractivity contribution is -0.184. The van der Waals surface area contributed by atoms with Crippen molar-refractivity contribution in [3.63, 3.8) is 0 Å². The Morgan fingerprint density at radius 3 is 2.55 bits per heavy atom. The molecule has 0 unspecified atom stereocenters. The van der Waals surface area contributed by atoms with Gasteiger partial charge in [-0.15, -0.1) is 0 Å². The smallest absolute Gasteiger partial charge is 0.401 e. The zero-order chi connectivity index (χ0) is 30.5. The van der Waals surface area contributed by atoms with E-state index in [1.54, 1.807) is 12.3 Å². The summed E-state index contributed by atoms with van der Waals surface area (Å²) in [6, 6.07) is 8.54. The van der Waals surface area contributed by atoms with Gasteiger partial charge in [0.05, 0.1) is 30.0 Å². The summed E-state index contributed by atoms with van der Waals surface area (Å²) in [5.74, 6) is 4.03. The van der Waals surface area contributed by atoms with E-state index in [1.165, 1.54) is 30.9 Å². The normalized spacial score (nSPS) is 14.7. The number of nitrogens with two attached hydrogens (primary N) is 1. The topological polar surface area (TPSA) is 102 Å². The molecule has 1 aliphatic carbocycles. The minimum Gasteiger partial charge on any atom is -0.500 e. The SMILES string of the molecule is C=C(/C=C(\OC)C1(C(F)(F)F)CC1)CC(=O)Cc1ccc(-c2cnc3cc(CCCNNN)c(CC)cc3n2)cc1F.[HH]. The fraction of sp³-hybridized carbons (Fsp3) is 0.387. The molecular formula is C31H37F4N5O2. The summed E-state index contributed by atoms with van der Waals surface area (Å²) in [7, 11) is 1.17. The highest BCUT2D eigenvalue weighted by molar-refractivity contribution is 5.84. The van der Waals surface area contributed by atoms with E-state index in [9.17, 15) is 18.0 Å². The maximum atomic E-state index is 15.1. The van der Waals surface area contributed by atoms with Crippen molar-refractivity contribution in [2.24, 2.45) is 11.3 Å². The second-order valence-corrected chi connectivity index (χ2v) is 10.5. The maximum absolute atomic E-state index is 15.1. The van der Waals surface area contributed by atoms with Gasteiger partial charge >= 0.3 is 6.18 Å². The Bertz CT molecular complexity index is 1510. The highest BCUT2D eigenvalue weighted by Crippen LogP contribution is 2.62. The fourth-order valence-electron chi connectivity index (χ4n) is 5.09. The number of hydrazine groups is 2. The lowest BCUT2D eigenvalue weighted by Crippen LogP contribution is -2.38. The summed E-state index contributed by atoms with van der Waals surface area (Å²) in [6.45, 7) is 6.52. The summed E-state index contributed by atoms with van der Waals surface area (Å²) in [6.07, 6.45) is 0.319. The predicted molar refractivity (Wildman–Crippen MR) is 155 cm³/mol. The molecule has 0 radical (unpaired) electrons. The van der Waals surface area contributed by atoms with Gasteiger partial charge in [-0.25, -0.2) is 14.8 Å². The summed E-state index contributed by atoms with van der Waals surface area (Å²) < 4.78 is 60.4.